The summed E-state index contributed by atoms with van der Waals surface area (Å²) in [5.41, 5.74) is 1.41. The summed E-state index contributed by atoms with van der Waals surface area (Å²) in [7, 11) is 0. The number of likely N-dealkylation sites (tertiary alicyclic amines) is 1. The van der Waals surface area contributed by atoms with Gasteiger partial charge in [-0.3, -0.25) is 4.99 Å². The minimum absolute atomic E-state index is 0. The molecule has 4 heteroatoms. The van der Waals surface area contributed by atoms with Gasteiger partial charge in [0.05, 0.1) is 0 Å². The van der Waals surface area contributed by atoms with Crippen molar-refractivity contribution in [3.05, 3.63) is 35.9 Å². The fourth-order valence-corrected chi connectivity index (χ4v) is 2.47. The third-order valence-corrected chi connectivity index (χ3v) is 3.47. The molecular weight excluding hydrogens is 361 g/mol. The lowest BCUT2D eigenvalue weighted by molar-refractivity contribution is 0.493. The molecule has 1 aliphatic rings. The van der Waals surface area contributed by atoms with Crippen LogP contribution in [0.1, 0.15) is 31.7 Å². The van der Waals surface area contributed by atoms with Crippen LogP contribution in [0.4, 0.5) is 0 Å². The van der Waals surface area contributed by atoms with Crippen molar-refractivity contribution >= 4 is 29.9 Å². The van der Waals surface area contributed by atoms with E-state index in [2.05, 4.69) is 47.5 Å². The number of rotatable bonds is 5. The van der Waals surface area contributed by atoms with Gasteiger partial charge in [0.15, 0.2) is 5.96 Å². The molecule has 1 heterocycles. The number of aryl methyl sites for hydroxylation is 1. The van der Waals surface area contributed by atoms with Crippen LogP contribution < -0.4 is 5.32 Å². The van der Waals surface area contributed by atoms with Crippen LogP contribution >= 0.6 is 24.0 Å². The van der Waals surface area contributed by atoms with Crippen molar-refractivity contribution in [1.82, 2.24) is 10.2 Å². The number of hydrogen-bond donors (Lipinski definition) is 1. The molecule has 1 aromatic carbocycles. The van der Waals surface area contributed by atoms with E-state index in [0.717, 1.165) is 45.0 Å². The predicted molar refractivity (Wildman–Crippen MR) is 97.0 cm³/mol. The Labute approximate surface area is 139 Å². The third-order valence-electron chi connectivity index (χ3n) is 3.47. The smallest absolute Gasteiger partial charge is 0.193 e. The van der Waals surface area contributed by atoms with Crippen molar-refractivity contribution in [2.45, 2.75) is 32.6 Å². The molecule has 20 heavy (non-hydrogen) atoms. The van der Waals surface area contributed by atoms with E-state index >= 15 is 0 Å². The van der Waals surface area contributed by atoms with E-state index < -0.39 is 0 Å². The van der Waals surface area contributed by atoms with Gasteiger partial charge in [0.1, 0.15) is 0 Å². The third kappa shape index (κ3) is 5.69. The molecule has 1 saturated heterocycles. The quantitative estimate of drug-likeness (QED) is 0.363. The number of hydrogen-bond acceptors (Lipinski definition) is 1. The van der Waals surface area contributed by atoms with Crippen LogP contribution in [0.3, 0.4) is 0 Å². The van der Waals surface area contributed by atoms with E-state index in [9.17, 15) is 0 Å². The molecule has 0 unspecified atom stereocenters. The Morgan fingerprint density at radius 3 is 2.55 bits per heavy atom. The van der Waals surface area contributed by atoms with Crippen LogP contribution in [0.15, 0.2) is 35.3 Å². The predicted octanol–water partition coefficient (Wildman–Crippen LogP) is 3.30. The largest absolute Gasteiger partial charge is 0.357 e. The molecule has 1 fully saturated rings. The van der Waals surface area contributed by atoms with Crippen molar-refractivity contribution in [3.8, 4) is 0 Å². The van der Waals surface area contributed by atoms with Gasteiger partial charge in [-0.05, 0) is 38.2 Å². The number of benzene rings is 1. The summed E-state index contributed by atoms with van der Waals surface area (Å²) >= 11 is 0. The number of nitrogens with zero attached hydrogens (tertiary/aromatic N) is 2. The van der Waals surface area contributed by atoms with Crippen molar-refractivity contribution in [2.24, 2.45) is 4.99 Å². The Balaban J connectivity index is 0.00000200. The topological polar surface area (TPSA) is 27.6 Å². The van der Waals surface area contributed by atoms with Crippen LogP contribution in [0.2, 0.25) is 0 Å². The van der Waals surface area contributed by atoms with E-state index in [0.29, 0.717) is 0 Å². The number of aliphatic imine (C=N–C) groups is 1. The van der Waals surface area contributed by atoms with Gasteiger partial charge >= 0.3 is 0 Å². The summed E-state index contributed by atoms with van der Waals surface area (Å²) in [6, 6.07) is 10.7. The van der Waals surface area contributed by atoms with Gasteiger partial charge in [-0.15, -0.1) is 24.0 Å². The second-order valence-corrected chi connectivity index (χ2v) is 5.02. The zero-order valence-corrected chi connectivity index (χ0v) is 14.7. The Kier molecular flexibility index (Phi) is 8.65. The van der Waals surface area contributed by atoms with Gasteiger partial charge in [-0.2, -0.15) is 0 Å². The summed E-state index contributed by atoms with van der Waals surface area (Å²) in [6.45, 7) is 6.31. The Morgan fingerprint density at radius 1 is 1.20 bits per heavy atom. The van der Waals surface area contributed by atoms with E-state index in [1.807, 2.05) is 0 Å². The molecule has 0 spiro atoms. The maximum Gasteiger partial charge on any atom is 0.193 e. The normalized spacial score (nSPS) is 15.1. The van der Waals surface area contributed by atoms with E-state index in [1.165, 1.54) is 18.4 Å². The first-order valence-corrected chi connectivity index (χ1v) is 7.47. The molecule has 0 aliphatic carbocycles. The lowest BCUT2D eigenvalue weighted by atomic mass is 10.1. The second-order valence-electron chi connectivity index (χ2n) is 5.02. The lowest BCUT2D eigenvalue weighted by Crippen LogP contribution is -2.39. The molecule has 112 valence electrons. The van der Waals surface area contributed by atoms with Crippen LogP contribution in [-0.2, 0) is 6.42 Å². The molecular formula is C16H26IN3. The van der Waals surface area contributed by atoms with Crippen molar-refractivity contribution < 1.29 is 0 Å². The molecule has 1 aromatic rings. The molecule has 3 nitrogen and oxygen atoms in total. The molecule has 1 N–H and O–H groups in total. The Bertz CT molecular complexity index is 386. The maximum absolute atomic E-state index is 4.74. The average molecular weight is 387 g/mol. The minimum Gasteiger partial charge on any atom is -0.357 e. The fraction of sp³-hybridized carbons (Fsp3) is 0.562. The van der Waals surface area contributed by atoms with Gasteiger partial charge in [0.2, 0.25) is 0 Å². The lowest BCUT2D eigenvalue weighted by Gasteiger charge is -2.20. The molecule has 0 saturated carbocycles. The molecule has 0 radical (unpaired) electrons. The monoisotopic (exact) mass is 387 g/mol. The minimum atomic E-state index is 0. The van der Waals surface area contributed by atoms with Crippen LogP contribution in [0.5, 0.6) is 0 Å². The second kappa shape index (κ2) is 10.0. The molecule has 0 amide bonds. The highest BCUT2D eigenvalue weighted by Crippen LogP contribution is 2.08. The summed E-state index contributed by atoms with van der Waals surface area (Å²) in [5, 5.41) is 3.40. The molecule has 0 bridgehead atoms. The van der Waals surface area contributed by atoms with Gasteiger partial charge in [0.25, 0.3) is 0 Å². The first-order chi connectivity index (χ1) is 9.40. The zero-order chi connectivity index (χ0) is 13.3. The van der Waals surface area contributed by atoms with Gasteiger partial charge in [0, 0.05) is 26.2 Å². The van der Waals surface area contributed by atoms with Gasteiger partial charge in [-0.1, -0.05) is 30.3 Å². The molecule has 2 rings (SSSR count). The highest BCUT2D eigenvalue weighted by Gasteiger charge is 2.14. The SMILES string of the molecule is CCNC(=NCCCc1ccccc1)N1CCCC1.I. The summed E-state index contributed by atoms with van der Waals surface area (Å²) in [6.07, 6.45) is 4.83. The van der Waals surface area contributed by atoms with Gasteiger partial charge < -0.3 is 10.2 Å². The molecule has 0 atom stereocenters. The first-order valence-electron chi connectivity index (χ1n) is 7.47. The highest BCUT2D eigenvalue weighted by atomic mass is 127. The summed E-state index contributed by atoms with van der Waals surface area (Å²) in [5.74, 6) is 1.10. The number of guanidine groups is 1. The fourth-order valence-electron chi connectivity index (χ4n) is 2.47. The average Bonchev–Trinajstić information content (AvgIpc) is 2.97. The van der Waals surface area contributed by atoms with Crippen LogP contribution in [0.25, 0.3) is 0 Å². The maximum atomic E-state index is 4.74. The Hall–Kier alpha value is -0.780. The van der Waals surface area contributed by atoms with E-state index in [1.54, 1.807) is 0 Å². The van der Waals surface area contributed by atoms with Crippen LogP contribution in [0, 0.1) is 0 Å². The zero-order valence-electron chi connectivity index (χ0n) is 12.3. The van der Waals surface area contributed by atoms with Crippen molar-refractivity contribution in [3.63, 3.8) is 0 Å². The molecule has 1 aliphatic heterocycles. The molecule has 0 aromatic heterocycles. The standard InChI is InChI=1S/C16H25N3.HI/c1-2-17-16(19-13-6-7-14-19)18-12-8-11-15-9-4-3-5-10-15;/h3-5,9-10H,2,6-8,11-14H2,1H3,(H,17,18);1H. The van der Waals surface area contributed by atoms with Crippen molar-refractivity contribution in [1.29, 1.82) is 0 Å². The van der Waals surface area contributed by atoms with Crippen LogP contribution in [-0.4, -0.2) is 37.0 Å². The summed E-state index contributed by atoms with van der Waals surface area (Å²) < 4.78 is 0. The van der Waals surface area contributed by atoms with Crippen molar-refractivity contribution in [2.75, 3.05) is 26.2 Å². The number of nitrogens with one attached hydrogen (secondary N) is 1. The summed E-state index contributed by atoms with van der Waals surface area (Å²) in [4.78, 5) is 7.12. The number of halogens is 1. The van der Waals surface area contributed by atoms with E-state index in [-0.39, 0.29) is 24.0 Å². The van der Waals surface area contributed by atoms with Gasteiger partial charge in [-0.25, -0.2) is 0 Å². The highest BCUT2D eigenvalue weighted by molar-refractivity contribution is 14.0. The Morgan fingerprint density at radius 2 is 1.90 bits per heavy atom. The first kappa shape index (κ1) is 17.3. The van der Waals surface area contributed by atoms with E-state index in [4.69, 9.17) is 4.99 Å².